The predicted octanol–water partition coefficient (Wildman–Crippen LogP) is -0.242. The molecule has 0 saturated carbocycles. The summed E-state index contributed by atoms with van der Waals surface area (Å²) >= 11 is 0. The summed E-state index contributed by atoms with van der Waals surface area (Å²) < 4.78 is 13.5. The third-order valence-corrected chi connectivity index (χ3v) is 5.61. The quantitative estimate of drug-likeness (QED) is 0.585. The summed E-state index contributed by atoms with van der Waals surface area (Å²) in [5.41, 5.74) is 0.764. The van der Waals surface area contributed by atoms with E-state index in [2.05, 4.69) is 25.0 Å². The number of carbonyl (C=O) groups is 1. The summed E-state index contributed by atoms with van der Waals surface area (Å²) in [5.74, 6) is 1.28. The van der Waals surface area contributed by atoms with Gasteiger partial charge in [0.05, 0.1) is 13.1 Å². The molecule has 3 N–H and O–H groups in total. The van der Waals surface area contributed by atoms with E-state index in [0.717, 1.165) is 36.8 Å². The lowest BCUT2D eigenvalue weighted by Gasteiger charge is -2.39. The number of aromatic carboxylic acids is 1. The van der Waals surface area contributed by atoms with Gasteiger partial charge < -0.3 is 29.4 Å². The molecule has 29 heavy (non-hydrogen) atoms. The van der Waals surface area contributed by atoms with Crippen LogP contribution in [0.4, 0.5) is 0 Å². The van der Waals surface area contributed by atoms with Crippen LogP contribution in [0, 0.1) is 0 Å². The van der Waals surface area contributed by atoms with Gasteiger partial charge >= 0.3 is 13.1 Å². The molecule has 0 bridgehead atoms. The average Bonchev–Trinajstić information content (AvgIpc) is 3.08. The Labute approximate surface area is 167 Å². The average molecular weight is 399 g/mol. The van der Waals surface area contributed by atoms with Crippen molar-refractivity contribution in [1.29, 1.82) is 0 Å². The van der Waals surface area contributed by atoms with Crippen molar-refractivity contribution in [2.24, 2.45) is 0 Å². The second kappa shape index (κ2) is 7.32. The number of aromatic nitrogens is 3. The second-order valence-corrected chi connectivity index (χ2v) is 7.64. The molecule has 0 spiro atoms. The Hall–Kier alpha value is -2.63. The SMILES string of the molecule is O=C(O)c1c(OC2CN(Cc3nnc4n3CCNC4)C2)ccc2c1OB(O)CC2. The first kappa shape index (κ1) is 18.4. The molecule has 5 rings (SSSR count). The van der Waals surface area contributed by atoms with Crippen molar-refractivity contribution in [1.82, 2.24) is 25.0 Å². The Kier molecular flexibility index (Phi) is 4.65. The molecule has 1 saturated heterocycles. The molecule has 3 aliphatic heterocycles. The Balaban J connectivity index is 1.25. The van der Waals surface area contributed by atoms with Gasteiger partial charge in [0, 0.05) is 26.2 Å². The number of carboxylic acids is 1. The van der Waals surface area contributed by atoms with Crippen molar-refractivity contribution < 1.29 is 24.3 Å². The number of aryl methyl sites for hydroxylation is 1. The van der Waals surface area contributed by atoms with Crippen LogP contribution in [-0.2, 0) is 26.1 Å². The maximum Gasteiger partial charge on any atom is 0.522 e. The molecule has 152 valence electrons. The van der Waals surface area contributed by atoms with E-state index < -0.39 is 13.1 Å². The monoisotopic (exact) mass is 399 g/mol. The summed E-state index contributed by atoms with van der Waals surface area (Å²) in [4.78, 5) is 14.0. The minimum absolute atomic E-state index is 0.0151. The van der Waals surface area contributed by atoms with E-state index in [9.17, 15) is 14.9 Å². The summed E-state index contributed by atoms with van der Waals surface area (Å²) in [6.07, 6.45) is 0.920. The van der Waals surface area contributed by atoms with Crippen molar-refractivity contribution in [3.05, 3.63) is 34.9 Å². The Morgan fingerprint density at radius 1 is 1.38 bits per heavy atom. The molecule has 1 aromatic heterocycles. The molecule has 1 aromatic carbocycles. The summed E-state index contributed by atoms with van der Waals surface area (Å²) in [6.45, 7) is 4.58. The van der Waals surface area contributed by atoms with E-state index in [4.69, 9.17) is 9.39 Å². The maximum atomic E-state index is 11.8. The van der Waals surface area contributed by atoms with Gasteiger partial charge in [-0.1, -0.05) is 6.07 Å². The topological polar surface area (TPSA) is 122 Å². The van der Waals surface area contributed by atoms with Crippen LogP contribution >= 0.6 is 0 Å². The van der Waals surface area contributed by atoms with Crippen LogP contribution in [0.5, 0.6) is 11.5 Å². The highest BCUT2D eigenvalue weighted by Crippen LogP contribution is 2.37. The van der Waals surface area contributed by atoms with Crippen LogP contribution in [0.3, 0.4) is 0 Å². The fourth-order valence-electron chi connectivity index (χ4n) is 4.09. The van der Waals surface area contributed by atoms with E-state index in [1.54, 1.807) is 6.07 Å². The fraction of sp³-hybridized carbons (Fsp3) is 0.500. The zero-order valence-corrected chi connectivity index (χ0v) is 15.9. The number of benzene rings is 1. The minimum Gasteiger partial charge on any atom is -0.535 e. The first-order valence-electron chi connectivity index (χ1n) is 9.83. The third-order valence-electron chi connectivity index (χ3n) is 5.61. The molecular weight excluding hydrogens is 377 g/mol. The van der Waals surface area contributed by atoms with Crippen molar-refractivity contribution >= 4 is 13.1 Å². The van der Waals surface area contributed by atoms with Crippen LogP contribution in [0.25, 0.3) is 0 Å². The second-order valence-electron chi connectivity index (χ2n) is 7.64. The number of carboxylic acid groups (broad SMARTS) is 1. The molecule has 4 heterocycles. The number of nitrogens with zero attached hydrogens (tertiary/aromatic N) is 4. The number of likely N-dealkylation sites (tertiary alicyclic amines) is 1. The highest BCUT2D eigenvalue weighted by molar-refractivity contribution is 6.44. The molecule has 3 aliphatic rings. The van der Waals surface area contributed by atoms with E-state index in [0.29, 0.717) is 32.4 Å². The van der Waals surface area contributed by atoms with Crippen LogP contribution < -0.4 is 14.7 Å². The lowest BCUT2D eigenvalue weighted by Crippen LogP contribution is -2.53. The highest BCUT2D eigenvalue weighted by atomic mass is 16.5. The van der Waals surface area contributed by atoms with Crippen LogP contribution in [0.1, 0.15) is 27.6 Å². The van der Waals surface area contributed by atoms with E-state index in [1.165, 1.54) is 0 Å². The van der Waals surface area contributed by atoms with Crippen LogP contribution in [0.15, 0.2) is 12.1 Å². The smallest absolute Gasteiger partial charge is 0.522 e. The molecule has 0 aliphatic carbocycles. The molecule has 0 atom stereocenters. The first-order chi connectivity index (χ1) is 14.1. The van der Waals surface area contributed by atoms with Crippen molar-refractivity contribution in [2.45, 2.75) is 38.5 Å². The molecule has 10 nitrogen and oxygen atoms in total. The Morgan fingerprint density at radius 2 is 2.24 bits per heavy atom. The predicted molar refractivity (Wildman–Crippen MR) is 102 cm³/mol. The standard InChI is InChI=1S/C18H22BN5O5/c25-18(26)16-13(2-1-11-3-4-19(27)29-17(11)16)28-12-8-23(9-12)10-15-22-21-14-7-20-5-6-24(14)15/h1-2,12,20,27H,3-10H2,(H,25,26). The van der Waals surface area contributed by atoms with Gasteiger partial charge in [-0.25, -0.2) is 4.79 Å². The van der Waals surface area contributed by atoms with Gasteiger partial charge in [0.15, 0.2) is 0 Å². The third kappa shape index (κ3) is 3.45. The Bertz CT molecular complexity index is 945. The number of hydrogen-bond donors (Lipinski definition) is 3. The van der Waals surface area contributed by atoms with Crippen molar-refractivity contribution in [3.8, 4) is 11.5 Å². The zero-order chi connectivity index (χ0) is 20.0. The van der Waals surface area contributed by atoms with E-state index in [1.807, 2.05) is 6.07 Å². The molecule has 0 amide bonds. The molecule has 1 fully saturated rings. The number of fused-ring (bicyclic) bond motifs is 2. The molecule has 0 radical (unpaired) electrons. The summed E-state index contributed by atoms with van der Waals surface area (Å²) in [6, 6.07) is 3.50. The van der Waals surface area contributed by atoms with Crippen molar-refractivity contribution in [2.75, 3.05) is 19.6 Å². The van der Waals surface area contributed by atoms with E-state index >= 15 is 0 Å². The van der Waals surface area contributed by atoms with E-state index in [-0.39, 0.29) is 23.2 Å². The normalized spacial score (nSPS) is 19.1. The highest BCUT2D eigenvalue weighted by Gasteiger charge is 2.34. The van der Waals surface area contributed by atoms with Gasteiger partial charge in [-0.15, -0.1) is 10.2 Å². The van der Waals surface area contributed by atoms with Gasteiger partial charge in [-0.05, 0) is 24.4 Å². The maximum absolute atomic E-state index is 11.8. The van der Waals surface area contributed by atoms with Gasteiger partial charge in [-0.3, -0.25) is 4.90 Å². The number of rotatable bonds is 5. The van der Waals surface area contributed by atoms with Crippen LogP contribution in [0.2, 0.25) is 6.32 Å². The number of hydrogen-bond acceptors (Lipinski definition) is 8. The first-order valence-corrected chi connectivity index (χ1v) is 9.83. The lowest BCUT2D eigenvalue weighted by molar-refractivity contribution is 0.0112. The van der Waals surface area contributed by atoms with Gasteiger partial charge in [0.2, 0.25) is 0 Å². The van der Waals surface area contributed by atoms with Crippen molar-refractivity contribution in [3.63, 3.8) is 0 Å². The van der Waals surface area contributed by atoms with Gasteiger partial charge in [-0.2, -0.15) is 0 Å². The number of nitrogens with one attached hydrogen (secondary N) is 1. The Morgan fingerprint density at radius 3 is 3.07 bits per heavy atom. The van der Waals surface area contributed by atoms with Gasteiger partial charge in [0.1, 0.15) is 34.8 Å². The largest absolute Gasteiger partial charge is 0.535 e. The van der Waals surface area contributed by atoms with Crippen LogP contribution in [-0.4, -0.2) is 68.6 Å². The summed E-state index contributed by atoms with van der Waals surface area (Å²) in [7, 11) is -0.987. The molecule has 2 aromatic rings. The molecule has 11 heteroatoms. The number of ether oxygens (including phenoxy) is 1. The minimum atomic E-state index is -1.12. The van der Waals surface area contributed by atoms with Gasteiger partial charge in [0.25, 0.3) is 0 Å². The lowest BCUT2D eigenvalue weighted by atomic mass is 9.78. The summed E-state index contributed by atoms with van der Waals surface area (Å²) in [5, 5.41) is 31.2. The fourth-order valence-corrected chi connectivity index (χ4v) is 4.09. The molecular formula is C18H22BN5O5. The molecule has 0 unspecified atom stereocenters. The zero-order valence-electron chi connectivity index (χ0n) is 15.9.